The van der Waals surface area contributed by atoms with Crippen LogP contribution in [0.15, 0.2) is 59.0 Å². The molecule has 4 rings (SSSR count). The van der Waals surface area contributed by atoms with Crippen molar-refractivity contribution in [3.63, 3.8) is 0 Å². The molecule has 156 valence electrons. The Morgan fingerprint density at radius 3 is 2.61 bits per heavy atom. The topological polar surface area (TPSA) is 67.2 Å². The highest BCUT2D eigenvalue weighted by molar-refractivity contribution is 7.80. The van der Waals surface area contributed by atoms with Crippen LogP contribution in [0, 0.1) is 20.8 Å². The molecule has 31 heavy (non-hydrogen) atoms. The van der Waals surface area contributed by atoms with Gasteiger partial charge in [-0.05, 0) is 92.1 Å². The van der Waals surface area contributed by atoms with E-state index in [9.17, 15) is 4.79 Å². The van der Waals surface area contributed by atoms with Crippen LogP contribution < -0.4 is 10.6 Å². The van der Waals surface area contributed by atoms with Crippen LogP contribution in [0.3, 0.4) is 0 Å². The maximum absolute atomic E-state index is 12.5. The molecule has 0 atom stereocenters. The fourth-order valence-electron chi connectivity index (χ4n) is 3.23. The van der Waals surface area contributed by atoms with E-state index in [1.807, 2.05) is 51.1 Å². The summed E-state index contributed by atoms with van der Waals surface area (Å²) in [4.78, 5) is 17.1. The second-order valence-corrected chi connectivity index (χ2v) is 8.16. The van der Waals surface area contributed by atoms with Crippen LogP contribution in [0.1, 0.15) is 27.0 Å². The number of fused-ring (bicyclic) bond motifs is 1. The quantitative estimate of drug-likeness (QED) is 0.364. The number of nitrogens with one attached hydrogen (secondary N) is 2. The molecule has 0 radical (unpaired) electrons. The summed E-state index contributed by atoms with van der Waals surface area (Å²) in [6.07, 6.45) is 0. The monoisotopic (exact) mass is 449 g/mol. The number of amides is 1. The summed E-state index contributed by atoms with van der Waals surface area (Å²) in [6, 6.07) is 16.5. The molecule has 1 aromatic heterocycles. The molecule has 0 fully saturated rings. The smallest absolute Gasteiger partial charge is 0.257 e. The van der Waals surface area contributed by atoms with Crippen LogP contribution in [0.2, 0.25) is 5.02 Å². The normalized spacial score (nSPS) is 10.8. The van der Waals surface area contributed by atoms with E-state index in [-0.39, 0.29) is 11.0 Å². The van der Waals surface area contributed by atoms with E-state index in [0.29, 0.717) is 27.6 Å². The second kappa shape index (κ2) is 8.49. The minimum Gasteiger partial charge on any atom is -0.436 e. The zero-order valence-corrected chi connectivity index (χ0v) is 18.8. The zero-order chi connectivity index (χ0) is 22.1. The first-order chi connectivity index (χ1) is 14.8. The van der Waals surface area contributed by atoms with E-state index >= 15 is 0 Å². The number of hydrogen-bond acceptors (Lipinski definition) is 4. The third kappa shape index (κ3) is 4.45. The molecule has 2 N–H and O–H groups in total. The lowest BCUT2D eigenvalue weighted by molar-refractivity contribution is 0.0977. The van der Waals surface area contributed by atoms with Crippen molar-refractivity contribution >= 4 is 51.6 Å². The summed E-state index contributed by atoms with van der Waals surface area (Å²) >= 11 is 11.4. The predicted octanol–water partition coefficient (Wildman–Crippen LogP) is 6.20. The number of halogens is 1. The lowest BCUT2D eigenvalue weighted by atomic mass is 10.1. The molecule has 0 spiro atoms. The van der Waals surface area contributed by atoms with Crippen molar-refractivity contribution in [2.75, 3.05) is 5.32 Å². The number of carbonyl (C=O) groups is 1. The highest BCUT2D eigenvalue weighted by Crippen LogP contribution is 2.31. The number of aryl methyl sites for hydroxylation is 2. The van der Waals surface area contributed by atoms with Crippen LogP contribution in [-0.4, -0.2) is 16.0 Å². The summed E-state index contributed by atoms with van der Waals surface area (Å²) in [5.41, 5.74) is 6.56. The average Bonchev–Trinajstić information content (AvgIpc) is 3.14. The summed E-state index contributed by atoms with van der Waals surface area (Å²) < 4.78 is 5.89. The Morgan fingerprint density at radius 1 is 1.03 bits per heavy atom. The predicted molar refractivity (Wildman–Crippen MR) is 129 cm³/mol. The van der Waals surface area contributed by atoms with Crippen LogP contribution in [0.5, 0.6) is 0 Å². The molecule has 1 heterocycles. The molecule has 5 nitrogen and oxygen atoms in total. The van der Waals surface area contributed by atoms with Gasteiger partial charge in [0.05, 0.1) is 0 Å². The number of aromatic nitrogens is 1. The molecular formula is C24H20ClN3O2S. The van der Waals surface area contributed by atoms with Gasteiger partial charge in [0.25, 0.3) is 5.91 Å². The van der Waals surface area contributed by atoms with Crippen LogP contribution >= 0.6 is 23.8 Å². The lowest BCUT2D eigenvalue weighted by Crippen LogP contribution is -2.34. The first kappa shape index (κ1) is 21.0. The van der Waals surface area contributed by atoms with Crippen molar-refractivity contribution in [3.8, 4) is 11.5 Å². The number of nitrogens with zero attached hydrogens (tertiary/aromatic N) is 1. The highest BCUT2D eigenvalue weighted by atomic mass is 35.5. The van der Waals surface area contributed by atoms with Gasteiger partial charge >= 0.3 is 0 Å². The number of thiocarbonyl (C=S) groups is 1. The van der Waals surface area contributed by atoms with Gasteiger partial charge in [-0.3, -0.25) is 10.1 Å². The largest absolute Gasteiger partial charge is 0.436 e. The first-order valence-electron chi connectivity index (χ1n) is 9.67. The zero-order valence-electron chi connectivity index (χ0n) is 17.2. The Balaban J connectivity index is 1.54. The van der Waals surface area contributed by atoms with E-state index in [1.165, 1.54) is 0 Å². The van der Waals surface area contributed by atoms with E-state index in [0.717, 1.165) is 27.9 Å². The van der Waals surface area contributed by atoms with Crippen LogP contribution in [0.25, 0.3) is 22.6 Å². The third-order valence-electron chi connectivity index (χ3n) is 5.16. The molecule has 0 aliphatic heterocycles. The molecular weight excluding hydrogens is 430 g/mol. The van der Waals surface area contributed by atoms with Crippen molar-refractivity contribution in [2.45, 2.75) is 20.8 Å². The Morgan fingerprint density at radius 2 is 1.84 bits per heavy atom. The Labute approximate surface area is 190 Å². The Hall–Kier alpha value is -3.22. The van der Waals surface area contributed by atoms with Gasteiger partial charge < -0.3 is 9.73 Å². The SMILES string of the molecule is Cc1ccc(C(=O)NC(=S)Nc2cccc(-c3nc4cc(Cl)ccc4o3)c2C)cc1C. The van der Waals surface area contributed by atoms with Crippen LogP contribution in [0.4, 0.5) is 5.69 Å². The maximum Gasteiger partial charge on any atom is 0.257 e. The van der Waals surface area contributed by atoms with Crippen molar-refractivity contribution in [2.24, 2.45) is 0 Å². The summed E-state index contributed by atoms with van der Waals surface area (Å²) in [7, 11) is 0. The standard InChI is InChI=1S/C24H20ClN3O2S/c1-13-7-8-16(11-14(13)2)22(29)28-24(31)27-19-6-4-5-18(15(19)3)23-26-20-12-17(25)9-10-21(20)30-23/h4-12H,1-3H3,(H2,27,28,29,31). The molecule has 4 aromatic rings. The molecule has 7 heteroatoms. The van der Waals surface area contributed by atoms with Crippen LogP contribution in [-0.2, 0) is 0 Å². The summed E-state index contributed by atoms with van der Waals surface area (Å²) in [5, 5.41) is 6.65. The van der Waals surface area contributed by atoms with Gasteiger partial charge in [0, 0.05) is 21.8 Å². The van der Waals surface area contributed by atoms with Crippen molar-refractivity contribution in [3.05, 3.63) is 81.9 Å². The number of benzene rings is 3. The number of rotatable bonds is 3. The van der Waals surface area contributed by atoms with E-state index in [1.54, 1.807) is 24.3 Å². The van der Waals surface area contributed by atoms with Gasteiger partial charge in [0.2, 0.25) is 5.89 Å². The van der Waals surface area contributed by atoms with Gasteiger partial charge in [-0.2, -0.15) is 0 Å². The molecule has 0 saturated carbocycles. The molecule has 1 amide bonds. The molecule has 0 aliphatic carbocycles. The van der Waals surface area contributed by atoms with Crippen molar-refractivity contribution in [1.29, 1.82) is 0 Å². The number of oxazole rings is 1. The molecule has 0 saturated heterocycles. The third-order valence-corrected chi connectivity index (χ3v) is 5.60. The summed E-state index contributed by atoms with van der Waals surface area (Å²) in [5.74, 6) is 0.230. The number of hydrogen-bond donors (Lipinski definition) is 2. The molecule has 3 aromatic carbocycles. The molecule has 0 aliphatic rings. The van der Waals surface area contributed by atoms with Gasteiger partial charge in [0.15, 0.2) is 10.7 Å². The van der Waals surface area contributed by atoms with Gasteiger partial charge in [-0.1, -0.05) is 23.7 Å². The van der Waals surface area contributed by atoms with E-state index in [4.69, 9.17) is 28.2 Å². The number of carbonyl (C=O) groups excluding carboxylic acids is 1. The average molecular weight is 450 g/mol. The fraction of sp³-hybridized carbons (Fsp3) is 0.125. The van der Waals surface area contributed by atoms with Gasteiger partial charge in [0.1, 0.15) is 5.52 Å². The maximum atomic E-state index is 12.5. The molecule has 0 unspecified atom stereocenters. The van der Waals surface area contributed by atoms with Crippen molar-refractivity contribution < 1.29 is 9.21 Å². The lowest BCUT2D eigenvalue weighted by Gasteiger charge is -2.14. The first-order valence-corrected chi connectivity index (χ1v) is 10.5. The minimum atomic E-state index is -0.259. The summed E-state index contributed by atoms with van der Waals surface area (Å²) in [6.45, 7) is 5.91. The molecule has 0 bridgehead atoms. The second-order valence-electron chi connectivity index (χ2n) is 7.32. The minimum absolute atomic E-state index is 0.216. The van der Waals surface area contributed by atoms with E-state index in [2.05, 4.69) is 15.6 Å². The van der Waals surface area contributed by atoms with Crippen molar-refractivity contribution in [1.82, 2.24) is 10.3 Å². The van der Waals surface area contributed by atoms with E-state index < -0.39 is 0 Å². The number of anilines is 1. The highest BCUT2D eigenvalue weighted by Gasteiger charge is 2.15. The Kier molecular flexibility index (Phi) is 5.76. The van der Waals surface area contributed by atoms with Gasteiger partial charge in [-0.25, -0.2) is 4.98 Å². The fourth-order valence-corrected chi connectivity index (χ4v) is 3.60. The van der Waals surface area contributed by atoms with Gasteiger partial charge in [-0.15, -0.1) is 0 Å². The Bertz CT molecular complexity index is 1330.